The van der Waals surface area contributed by atoms with Crippen molar-refractivity contribution >= 4 is 28.5 Å². The molecule has 3 unspecified atom stereocenters. The molecule has 0 radical (unpaired) electrons. The molecule has 1 amide bonds. The number of nitriles is 1. The summed E-state index contributed by atoms with van der Waals surface area (Å²) in [5, 5.41) is 11.4. The number of thioether (sulfide) groups is 1. The van der Waals surface area contributed by atoms with E-state index in [0.29, 0.717) is 5.75 Å². The number of amides is 1. The van der Waals surface area contributed by atoms with Crippen molar-refractivity contribution in [1.82, 2.24) is 5.32 Å². The lowest BCUT2D eigenvalue weighted by molar-refractivity contribution is -0.127. The molecule has 0 aliphatic heterocycles. The molecule has 0 aromatic heterocycles. The Balaban J connectivity index is 1.52. The fraction of sp³-hybridized carbons (Fsp3) is 0.417. The van der Waals surface area contributed by atoms with Gasteiger partial charge >= 0.3 is 0 Å². The molecular weight excluding hydrogens is 412 g/mol. The molecule has 0 bridgehead atoms. The SMILES string of the molecule is N#CCNC(=O)C1CCCCC1CS(=O)c1ccc(SCCc2ccccc2)cc1. The second-order valence-corrected chi connectivity index (χ2v) is 10.3. The van der Waals surface area contributed by atoms with Crippen LogP contribution in [0.15, 0.2) is 64.4 Å². The molecule has 3 rings (SSSR count). The van der Waals surface area contributed by atoms with Crippen molar-refractivity contribution in [1.29, 1.82) is 5.26 Å². The first-order valence-electron chi connectivity index (χ1n) is 10.5. The zero-order valence-electron chi connectivity index (χ0n) is 17.1. The van der Waals surface area contributed by atoms with Gasteiger partial charge in [0.05, 0.1) is 16.9 Å². The highest BCUT2D eigenvalue weighted by Gasteiger charge is 2.32. The van der Waals surface area contributed by atoms with Crippen LogP contribution < -0.4 is 5.32 Å². The summed E-state index contributed by atoms with van der Waals surface area (Å²) < 4.78 is 12.9. The minimum atomic E-state index is -1.12. The van der Waals surface area contributed by atoms with Crippen LogP contribution in [0, 0.1) is 23.2 Å². The molecular formula is C24H28N2O2S2. The highest BCUT2D eigenvalue weighted by atomic mass is 32.2. The highest BCUT2D eigenvalue weighted by molar-refractivity contribution is 7.99. The minimum absolute atomic E-state index is 0.0363. The third kappa shape index (κ3) is 6.72. The summed E-state index contributed by atoms with van der Waals surface area (Å²) in [4.78, 5) is 14.4. The summed E-state index contributed by atoms with van der Waals surface area (Å²) in [5.74, 6) is 1.42. The summed E-state index contributed by atoms with van der Waals surface area (Å²) in [7, 11) is -1.12. The van der Waals surface area contributed by atoms with Crippen molar-refractivity contribution in [2.45, 2.75) is 41.9 Å². The Morgan fingerprint density at radius 2 is 1.83 bits per heavy atom. The van der Waals surface area contributed by atoms with Crippen LogP contribution in [-0.2, 0) is 22.0 Å². The highest BCUT2D eigenvalue weighted by Crippen LogP contribution is 2.32. The molecule has 2 aromatic carbocycles. The molecule has 30 heavy (non-hydrogen) atoms. The van der Waals surface area contributed by atoms with Crippen LogP contribution in [0.5, 0.6) is 0 Å². The second-order valence-electron chi connectivity index (χ2n) is 7.59. The molecule has 0 saturated heterocycles. The molecule has 158 valence electrons. The van der Waals surface area contributed by atoms with E-state index in [4.69, 9.17) is 5.26 Å². The van der Waals surface area contributed by atoms with Crippen LogP contribution in [-0.4, -0.2) is 28.2 Å². The van der Waals surface area contributed by atoms with Gasteiger partial charge in [0.2, 0.25) is 5.91 Å². The van der Waals surface area contributed by atoms with Gasteiger partial charge in [0, 0.05) is 27.2 Å². The standard InChI is InChI=1S/C24H28N2O2S2/c25-15-16-26-24(27)23-9-5-4-8-20(23)18-30(28)22-12-10-21(11-13-22)29-17-14-19-6-2-1-3-7-19/h1-3,6-7,10-13,20,23H,4-5,8-9,14,16-18H2,(H,26,27). The van der Waals surface area contributed by atoms with Gasteiger partial charge in [0.1, 0.15) is 6.54 Å². The summed E-state index contributed by atoms with van der Waals surface area (Å²) >= 11 is 1.81. The van der Waals surface area contributed by atoms with E-state index in [1.807, 2.05) is 36.4 Å². The van der Waals surface area contributed by atoms with Gasteiger partial charge in [0.15, 0.2) is 0 Å². The van der Waals surface area contributed by atoms with Crippen LogP contribution in [0.2, 0.25) is 0 Å². The average molecular weight is 441 g/mol. The molecule has 1 fully saturated rings. The molecule has 1 aliphatic carbocycles. The number of nitrogens with zero attached hydrogens (tertiary/aromatic N) is 1. The van der Waals surface area contributed by atoms with Gasteiger partial charge in [-0.25, -0.2) is 0 Å². The maximum absolute atomic E-state index is 12.9. The van der Waals surface area contributed by atoms with E-state index in [0.717, 1.165) is 42.8 Å². The normalized spacial score (nSPS) is 19.6. The lowest BCUT2D eigenvalue weighted by Crippen LogP contribution is -2.38. The Hall–Kier alpha value is -2.10. The van der Waals surface area contributed by atoms with Gasteiger partial charge in [-0.05, 0) is 55.0 Å². The van der Waals surface area contributed by atoms with Crippen molar-refractivity contribution in [2.24, 2.45) is 11.8 Å². The molecule has 0 spiro atoms. The summed E-state index contributed by atoms with van der Waals surface area (Å²) in [6, 6.07) is 20.4. The summed E-state index contributed by atoms with van der Waals surface area (Å²) in [6.45, 7) is 0.0363. The number of aryl methyl sites for hydroxylation is 1. The lowest BCUT2D eigenvalue weighted by Gasteiger charge is -2.30. The fourth-order valence-corrected chi connectivity index (χ4v) is 6.24. The first-order valence-corrected chi connectivity index (χ1v) is 12.8. The van der Waals surface area contributed by atoms with E-state index in [9.17, 15) is 9.00 Å². The van der Waals surface area contributed by atoms with Gasteiger partial charge in [-0.3, -0.25) is 9.00 Å². The molecule has 2 aromatic rings. The summed E-state index contributed by atoms with van der Waals surface area (Å²) in [5.41, 5.74) is 1.34. The predicted octanol–water partition coefficient (Wildman–Crippen LogP) is 4.58. The number of carbonyl (C=O) groups excluding carboxylic acids is 1. The quantitative estimate of drug-likeness (QED) is 0.458. The number of hydrogen-bond acceptors (Lipinski definition) is 4. The minimum Gasteiger partial charge on any atom is -0.343 e. The van der Waals surface area contributed by atoms with Gasteiger partial charge in [-0.15, -0.1) is 11.8 Å². The van der Waals surface area contributed by atoms with Crippen LogP contribution >= 0.6 is 11.8 Å². The Labute approximate surface area is 185 Å². The second kappa shape index (κ2) is 11.9. The molecule has 1 aliphatic rings. The third-order valence-electron chi connectivity index (χ3n) is 5.54. The lowest BCUT2D eigenvalue weighted by atomic mass is 9.80. The smallest absolute Gasteiger partial charge is 0.224 e. The Morgan fingerprint density at radius 3 is 2.57 bits per heavy atom. The van der Waals surface area contributed by atoms with E-state index in [1.165, 1.54) is 10.5 Å². The van der Waals surface area contributed by atoms with Crippen molar-refractivity contribution in [2.75, 3.05) is 18.1 Å². The largest absolute Gasteiger partial charge is 0.343 e. The molecule has 0 heterocycles. The maximum Gasteiger partial charge on any atom is 0.224 e. The zero-order valence-corrected chi connectivity index (χ0v) is 18.7. The van der Waals surface area contributed by atoms with E-state index in [-0.39, 0.29) is 24.3 Å². The van der Waals surface area contributed by atoms with Crippen LogP contribution in [0.4, 0.5) is 0 Å². The van der Waals surface area contributed by atoms with Crippen molar-refractivity contribution < 1.29 is 9.00 Å². The first kappa shape index (κ1) is 22.6. The van der Waals surface area contributed by atoms with Gasteiger partial charge < -0.3 is 5.32 Å². The average Bonchev–Trinajstić information content (AvgIpc) is 2.79. The molecule has 1 saturated carbocycles. The molecule has 3 atom stereocenters. The van der Waals surface area contributed by atoms with Gasteiger partial charge in [-0.2, -0.15) is 5.26 Å². The van der Waals surface area contributed by atoms with Crippen molar-refractivity contribution in [3.05, 3.63) is 60.2 Å². The number of carbonyl (C=O) groups is 1. The molecule has 4 nitrogen and oxygen atoms in total. The van der Waals surface area contributed by atoms with Crippen molar-refractivity contribution in [3.8, 4) is 6.07 Å². The summed E-state index contributed by atoms with van der Waals surface area (Å²) in [6.07, 6.45) is 4.85. The molecule has 1 N–H and O–H groups in total. The maximum atomic E-state index is 12.9. The molecule has 6 heteroatoms. The monoisotopic (exact) mass is 440 g/mol. The fourth-order valence-electron chi connectivity index (χ4n) is 3.92. The van der Waals surface area contributed by atoms with E-state index in [2.05, 4.69) is 29.6 Å². The Bertz CT molecular complexity index is 878. The third-order valence-corrected chi connectivity index (χ3v) is 8.08. The van der Waals surface area contributed by atoms with Crippen LogP contribution in [0.3, 0.4) is 0 Å². The van der Waals surface area contributed by atoms with Crippen LogP contribution in [0.1, 0.15) is 31.2 Å². The number of rotatable bonds is 9. The van der Waals surface area contributed by atoms with E-state index < -0.39 is 10.8 Å². The Kier molecular flexibility index (Phi) is 8.98. The predicted molar refractivity (Wildman–Crippen MR) is 123 cm³/mol. The van der Waals surface area contributed by atoms with E-state index >= 15 is 0 Å². The Morgan fingerprint density at radius 1 is 1.10 bits per heavy atom. The number of hydrogen-bond donors (Lipinski definition) is 1. The van der Waals surface area contributed by atoms with E-state index in [1.54, 1.807) is 11.8 Å². The number of benzene rings is 2. The zero-order chi connectivity index (χ0) is 21.2. The van der Waals surface area contributed by atoms with Gasteiger partial charge in [-0.1, -0.05) is 43.2 Å². The number of nitrogens with one attached hydrogen (secondary N) is 1. The van der Waals surface area contributed by atoms with Crippen LogP contribution in [0.25, 0.3) is 0 Å². The first-order chi connectivity index (χ1) is 14.7. The van der Waals surface area contributed by atoms with Gasteiger partial charge in [0.25, 0.3) is 0 Å². The topological polar surface area (TPSA) is 70.0 Å². The van der Waals surface area contributed by atoms with Crippen molar-refractivity contribution in [3.63, 3.8) is 0 Å².